The number of hydrogen-bond donors (Lipinski definition) is 0. The third-order valence-electron chi connectivity index (χ3n) is 0. The van der Waals surface area contributed by atoms with E-state index in [1.54, 1.807) is 0 Å². The van der Waals surface area contributed by atoms with Gasteiger partial charge in [-0.2, -0.15) is 0 Å². The van der Waals surface area contributed by atoms with Gasteiger partial charge in [0.2, 0.25) is 0 Å². The van der Waals surface area contributed by atoms with Crippen LogP contribution in [-0.4, -0.2) is 26.6 Å². The Bertz CT molecular complexity index is 73.7. The van der Waals surface area contributed by atoms with Gasteiger partial charge in [-0.25, -0.2) is 0 Å². The Balaban J connectivity index is -0.0000000300. The fourth-order valence-corrected chi connectivity index (χ4v) is 0. The van der Waals surface area contributed by atoms with E-state index in [0.29, 0.717) is 0 Å². The van der Waals surface area contributed by atoms with Gasteiger partial charge in [-0.15, -0.1) is 22.7 Å². The summed E-state index contributed by atoms with van der Waals surface area (Å²) in [4.78, 5) is 0. The smallest absolute Gasteiger partial charge is 0.784 e. The second-order valence-electron chi connectivity index (χ2n) is 0.408. The summed E-state index contributed by atoms with van der Waals surface area (Å²) in [6.07, 6.45) is 0. The summed E-state index contributed by atoms with van der Waals surface area (Å²) in [5.74, 6) is 0. The Labute approximate surface area is 98.0 Å². The minimum atomic E-state index is -3.11. The van der Waals surface area contributed by atoms with Crippen molar-refractivity contribution in [2.75, 3.05) is 0 Å². The minimum Gasteiger partial charge on any atom is -0.784 e. The SMILES string of the molecule is O=S([O-])[O-].O=S([O-])[O-].[Ir+3].[Na+]. The monoisotopic (exact) mass is 376 g/mol. The van der Waals surface area contributed by atoms with Gasteiger partial charge < -0.3 is 18.2 Å². The van der Waals surface area contributed by atoms with Crippen LogP contribution in [0.2, 0.25) is 0 Å². The second kappa shape index (κ2) is 17.0. The number of rotatable bonds is 0. The molecule has 0 saturated carbocycles. The molecule has 6 nitrogen and oxygen atoms in total. The first kappa shape index (κ1) is 22.6. The minimum absolute atomic E-state index is 0. The van der Waals surface area contributed by atoms with Crippen molar-refractivity contribution in [1.82, 2.24) is 0 Å². The van der Waals surface area contributed by atoms with Crippen LogP contribution in [0.15, 0.2) is 0 Å². The molecule has 0 spiro atoms. The Morgan fingerprint density at radius 2 is 0.800 bits per heavy atom. The topological polar surface area (TPSA) is 126 Å². The molecule has 0 N–H and O–H groups in total. The second-order valence-corrected chi connectivity index (χ2v) is 1.22. The zero-order valence-electron chi connectivity index (χ0n) is 4.60. The van der Waals surface area contributed by atoms with Gasteiger partial charge in [0.15, 0.2) is 0 Å². The molecule has 0 radical (unpaired) electrons. The summed E-state index contributed by atoms with van der Waals surface area (Å²) in [5, 5.41) is 0. The quantitative estimate of drug-likeness (QED) is 0.308. The largest absolute Gasteiger partial charge is 3.00 e. The molecule has 0 unspecified atom stereocenters. The maximum absolute atomic E-state index is 8.44. The van der Waals surface area contributed by atoms with E-state index in [0.717, 1.165) is 0 Å². The van der Waals surface area contributed by atoms with E-state index in [1.165, 1.54) is 0 Å². The zero-order valence-corrected chi connectivity index (χ0v) is 10.6. The molecule has 0 atom stereocenters. The predicted molar refractivity (Wildman–Crippen MR) is 19.4 cm³/mol. The van der Waals surface area contributed by atoms with Crippen LogP contribution in [-0.2, 0) is 42.8 Å². The van der Waals surface area contributed by atoms with Gasteiger partial charge in [0.05, 0.1) is 0 Å². The first-order valence-corrected chi connectivity index (χ1v) is 3.00. The van der Waals surface area contributed by atoms with E-state index in [1.807, 2.05) is 0 Å². The Morgan fingerprint density at radius 3 is 0.800 bits per heavy atom. The van der Waals surface area contributed by atoms with E-state index in [9.17, 15) is 0 Å². The molecule has 0 aliphatic heterocycles. The third-order valence-corrected chi connectivity index (χ3v) is 0. The maximum Gasteiger partial charge on any atom is 3.00 e. The van der Waals surface area contributed by atoms with Crippen molar-refractivity contribution >= 4 is 22.7 Å². The van der Waals surface area contributed by atoms with Crippen LogP contribution < -0.4 is 29.6 Å². The fourth-order valence-electron chi connectivity index (χ4n) is 0. The van der Waals surface area contributed by atoms with Crippen molar-refractivity contribution < 1.29 is 76.3 Å². The summed E-state index contributed by atoms with van der Waals surface area (Å²) in [6.45, 7) is 0. The van der Waals surface area contributed by atoms with E-state index in [4.69, 9.17) is 26.6 Å². The van der Waals surface area contributed by atoms with Crippen LogP contribution in [0.4, 0.5) is 0 Å². The molecule has 0 amide bonds. The zero-order chi connectivity index (χ0) is 7.15. The van der Waals surface area contributed by atoms with Gasteiger partial charge in [-0.05, 0) is 0 Å². The molecule has 0 rings (SSSR count). The summed E-state index contributed by atoms with van der Waals surface area (Å²) in [6, 6.07) is 0. The van der Waals surface area contributed by atoms with Crippen molar-refractivity contribution in [2.45, 2.75) is 0 Å². The van der Waals surface area contributed by atoms with Gasteiger partial charge >= 0.3 is 49.7 Å². The van der Waals surface area contributed by atoms with E-state index in [2.05, 4.69) is 0 Å². The van der Waals surface area contributed by atoms with Crippen molar-refractivity contribution in [3.05, 3.63) is 0 Å². The first-order valence-electron chi connectivity index (χ1n) is 1.00. The summed E-state index contributed by atoms with van der Waals surface area (Å²) in [5.41, 5.74) is 0. The summed E-state index contributed by atoms with van der Waals surface area (Å²) in [7, 11) is 0. The molecular weight excluding hydrogens is 375 g/mol. The van der Waals surface area contributed by atoms with Crippen LogP contribution >= 0.6 is 0 Å². The Morgan fingerprint density at radius 1 is 0.800 bits per heavy atom. The molecule has 0 aliphatic rings. The van der Waals surface area contributed by atoms with Crippen LogP contribution in [0.1, 0.15) is 0 Å². The average Bonchev–Trinajstić information content (AvgIpc) is 1.25. The van der Waals surface area contributed by atoms with Gasteiger partial charge in [-0.3, -0.25) is 8.42 Å². The van der Waals surface area contributed by atoms with Crippen LogP contribution in [0.3, 0.4) is 0 Å². The van der Waals surface area contributed by atoms with E-state index >= 15 is 0 Å². The van der Waals surface area contributed by atoms with Crippen molar-refractivity contribution in [3.8, 4) is 0 Å². The van der Waals surface area contributed by atoms with Crippen molar-refractivity contribution in [2.24, 2.45) is 0 Å². The summed E-state index contributed by atoms with van der Waals surface area (Å²) >= 11 is -6.22. The molecule has 0 fully saturated rings. The standard InChI is InChI=1S/Ir.Na.2H2O3S/c;;2*1-4(2)3/h;;2*(H2,1,2,3)/q+3;+1;;/p-4. The molecule has 10 heavy (non-hydrogen) atoms. The van der Waals surface area contributed by atoms with Gasteiger partial charge in [0.1, 0.15) is 0 Å². The Kier molecular flexibility index (Phi) is 38.5. The summed E-state index contributed by atoms with van der Waals surface area (Å²) < 4.78 is 50.7. The first-order chi connectivity index (χ1) is 3.46. The molecule has 0 aromatic carbocycles. The molecule has 0 aromatic rings. The molecule has 0 aliphatic carbocycles. The fraction of sp³-hybridized carbons (Fsp3) is 0. The molecule has 0 heterocycles. The maximum atomic E-state index is 8.44. The normalized spacial score (nSPS) is 7.00. The van der Waals surface area contributed by atoms with Crippen molar-refractivity contribution in [3.63, 3.8) is 0 Å². The van der Waals surface area contributed by atoms with Crippen LogP contribution in [0.5, 0.6) is 0 Å². The molecule has 0 aromatic heterocycles. The molecular formula is IrNaO6S2. The van der Waals surface area contributed by atoms with E-state index in [-0.39, 0.29) is 49.7 Å². The van der Waals surface area contributed by atoms with Crippen LogP contribution in [0.25, 0.3) is 0 Å². The number of hydrogen-bond acceptors (Lipinski definition) is 6. The van der Waals surface area contributed by atoms with Crippen LogP contribution in [0, 0.1) is 0 Å². The Hall–Kier alpha value is 1.79. The average molecular weight is 375 g/mol. The molecule has 0 bridgehead atoms. The van der Waals surface area contributed by atoms with Gasteiger partial charge in [0, 0.05) is 0 Å². The van der Waals surface area contributed by atoms with Gasteiger partial charge in [0.25, 0.3) is 0 Å². The van der Waals surface area contributed by atoms with E-state index < -0.39 is 22.7 Å². The molecule has 10 heteroatoms. The van der Waals surface area contributed by atoms with Gasteiger partial charge in [-0.1, -0.05) is 0 Å². The molecule has 58 valence electrons. The third kappa shape index (κ3) is 236. The predicted octanol–water partition coefficient (Wildman–Crippen LogP) is -5.01. The van der Waals surface area contributed by atoms with Crippen molar-refractivity contribution in [1.29, 1.82) is 0 Å². The molecule has 0 saturated heterocycles.